The lowest BCUT2D eigenvalue weighted by Crippen LogP contribution is -2.30. The summed E-state index contributed by atoms with van der Waals surface area (Å²) in [5.74, 6) is 1.33. The van der Waals surface area contributed by atoms with Crippen LogP contribution in [0.2, 0.25) is 0 Å². The standard InChI is InChI=1S/C21H22N2O4/c24-21-23(17-5-1-2-7-18(17)27-21)14-22-10-3-6-16(22)15-8-9-19-20(13-15)26-12-4-11-25-19/h1-2,5,7-9,13,16H,3-4,6,10-12,14H2/t16-/m1/s1. The fourth-order valence-corrected chi connectivity index (χ4v) is 4.09. The third-order valence-electron chi connectivity index (χ3n) is 5.42. The average Bonchev–Trinajstić information content (AvgIpc) is 3.18. The fraction of sp³-hybridized carbons (Fsp3) is 0.381. The van der Waals surface area contributed by atoms with Gasteiger partial charge in [-0.15, -0.1) is 0 Å². The summed E-state index contributed by atoms with van der Waals surface area (Å²) in [5.41, 5.74) is 2.68. The first kappa shape index (κ1) is 16.4. The van der Waals surface area contributed by atoms with E-state index in [1.807, 2.05) is 30.3 Å². The largest absolute Gasteiger partial charge is 0.490 e. The van der Waals surface area contributed by atoms with Crippen molar-refractivity contribution in [1.29, 1.82) is 0 Å². The van der Waals surface area contributed by atoms with E-state index in [1.165, 1.54) is 5.56 Å². The first-order valence-corrected chi connectivity index (χ1v) is 9.51. The molecular formula is C21H22N2O4. The molecule has 0 amide bonds. The Balaban J connectivity index is 1.44. The average molecular weight is 366 g/mol. The number of para-hydroxylation sites is 2. The minimum Gasteiger partial charge on any atom is -0.490 e. The van der Waals surface area contributed by atoms with Crippen molar-refractivity contribution < 1.29 is 13.9 Å². The normalized spacial score (nSPS) is 20.1. The van der Waals surface area contributed by atoms with Crippen molar-refractivity contribution in [3.8, 4) is 11.5 Å². The van der Waals surface area contributed by atoms with Gasteiger partial charge in [0, 0.05) is 19.0 Å². The summed E-state index contributed by atoms with van der Waals surface area (Å²) >= 11 is 0. The van der Waals surface area contributed by atoms with E-state index in [9.17, 15) is 4.79 Å². The molecule has 140 valence electrons. The third-order valence-corrected chi connectivity index (χ3v) is 5.42. The second kappa shape index (κ2) is 6.78. The summed E-state index contributed by atoms with van der Waals surface area (Å²) < 4.78 is 18.7. The predicted molar refractivity (Wildman–Crippen MR) is 101 cm³/mol. The van der Waals surface area contributed by atoms with Gasteiger partial charge in [0.2, 0.25) is 0 Å². The molecular weight excluding hydrogens is 344 g/mol. The van der Waals surface area contributed by atoms with Crippen molar-refractivity contribution in [2.24, 2.45) is 0 Å². The summed E-state index contributed by atoms with van der Waals surface area (Å²) in [5, 5.41) is 0. The van der Waals surface area contributed by atoms with Crippen LogP contribution in [0.1, 0.15) is 30.9 Å². The number of oxazole rings is 1. The second-order valence-corrected chi connectivity index (χ2v) is 7.13. The van der Waals surface area contributed by atoms with Crippen molar-refractivity contribution in [3.63, 3.8) is 0 Å². The monoisotopic (exact) mass is 366 g/mol. The summed E-state index contributed by atoms with van der Waals surface area (Å²) in [6, 6.07) is 14.0. The van der Waals surface area contributed by atoms with E-state index < -0.39 is 0 Å². The summed E-state index contributed by atoms with van der Waals surface area (Å²) in [6.45, 7) is 2.85. The van der Waals surface area contributed by atoms with Gasteiger partial charge >= 0.3 is 5.76 Å². The first-order valence-electron chi connectivity index (χ1n) is 9.51. The Kier molecular flexibility index (Phi) is 4.13. The molecule has 0 aliphatic carbocycles. The highest BCUT2D eigenvalue weighted by Crippen LogP contribution is 2.38. The SMILES string of the molecule is O=c1oc2ccccc2n1CN1CCC[C@@H]1c1ccc2c(c1)OCCCO2. The lowest BCUT2D eigenvalue weighted by Gasteiger charge is -2.25. The van der Waals surface area contributed by atoms with E-state index in [0.717, 1.165) is 42.8 Å². The Labute approximate surface area is 156 Å². The van der Waals surface area contributed by atoms with E-state index in [4.69, 9.17) is 13.9 Å². The van der Waals surface area contributed by atoms with Gasteiger partial charge in [-0.3, -0.25) is 9.47 Å². The molecule has 1 saturated heterocycles. The molecule has 0 unspecified atom stereocenters. The highest BCUT2D eigenvalue weighted by Gasteiger charge is 2.28. The van der Waals surface area contributed by atoms with Crippen LogP contribution in [0.25, 0.3) is 11.1 Å². The number of hydrogen-bond donors (Lipinski definition) is 0. The van der Waals surface area contributed by atoms with Crippen LogP contribution in [0.4, 0.5) is 0 Å². The molecule has 2 aliphatic rings. The first-order chi connectivity index (χ1) is 13.3. The lowest BCUT2D eigenvalue weighted by molar-refractivity contribution is 0.197. The maximum atomic E-state index is 12.3. The molecule has 5 rings (SSSR count). The quantitative estimate of drug-likeness (QED) is 0.710. The van der Waals surface area contributed by atoms with Gasteiger partial charge in [-0.05, 0) is 42.7 Å². The topological polar surface area (TPSA) is 56.8 Å². The molecule has 3 heterocycles. The predicted octanol–water partition coefficient (Wildman–Crippen LogP) is 3.55. The zero-order chi connectivity index (χ0) is 18.2. The molecule has 27 heavy (non-hydrogen) atoms. The molecule has 1 fully saturated rings. The Morgan fingerprint density at radius 3 is 2.78 bits per heavy atom. The number of fused-ring (bicyclic) bond motifs is 2. The molecule has 2 aliphatic heterocycles. The van der Waals surface area contributed by atoms with Gasteiger partial charge in [0.1, 0.15) is 0 Å². The highest BCUT2D eigenvalue weighted by molar-refractivity contribution is 5.72. The highest BCUT2D eigenvalue weighted by atomic mass is 16.5. The van der Waals surface area contributed by atoms with Crippen molar-refractivity contribution >= 4 is 11.1 Å². The number of nitrogens with zero attached hydrogens (tertiary/aromatic N) is 2. The molecule has 0 spiro atoms. The zero-order valence-electron chi connectivity index (χ0n) is 15.1. The van der Waals surface area contributed by atoms with Gasteiger partial charge in [-0.2, -0.15) is 0 Å². The molecule has 0 bridgehead atoms. The van der Waals surface area contributed by atoms with Crippen LogP contribution in [0.5, 0.6) is 11.5 Å². The molecule has 0 radical (unpaired) electrons. The lowest BCUT2D eigenvalue weighted by atomic mass is 10.0. The second-order valence-electron chi connectivity index (χ2n) is 7.13. The van der Waals surface area contributed by atoms with Gasteiger partial charge in [0.05, 0.1) is 25.4 Å². The van der Waals surface area contributed by atoms with Gasteiger partial charge in [-0.25, -0.2) is 4.79 Å². The molecule has 6 heteroatoms. The van der Waals surface area contributed by atoms with E-state index >= 15 is 0 Å². The van der Waals surface area contributed by atoms with Crippen molar-refractivity contribution in [2.45, 2.75) is 32.0 Å². The van der Waals surface area contributed by atoms with Crippen molar-refractivity contribution in [2.75, 3.05) is 19.8 Å². The summed E-state index contributed by atoms with van der Waals surface area (Å²) in [7, 11) is 0. The van der Waals surface area contributed by atoms with Crippen molar-refractivity contribution in [1.82, 2.24) is 9.47 Å². The Morgan fingerprint density at radius 2 is 1.85 bits per heavy atom. The molecule has 6 nitrogen and oxygen atoms in total. The van der Waals surface area contributed by atoms with Crippen LogP contribution in [-0.2, 0) is 6.67 Å². The van der Waals surface area contributed by atoms with Gasteiger partial charge < -0.3 is 13.9 Å². The molecule has 0 saturated carbocycles. The number of benzene rings is 2. The van der Waals surface area contributed by atoms with Crippen molar-refractivity contribution in [3.05, 3.63) is 58.6 Å². The van der Waals surface area contributed by atoms with Gasteiger partial charge in [-0.1, -0.05) is 18.2 Å². The number of likely N-dealkylation sites (tertiary alicyclic amines) is 1. The zero-order valence-corrected chi connectivity index (χ0v) is 15.1. The van der Waals surface area contributed by atoms with Gasteiger partial charge in [0.15, 0.2) is 17.1 Å². The Morgan fingerprint density at radius 1 is 1.00 bits per heavy atom. The van der Waals surface area contributed by atoms with E-state index in [0.29, 0.717) is 25.5 Å². The fourth-order valence-electron chi connectivity index (χ4n) is 4.09. The maximum absolute atomic E-state index is 12.3. The number of ether oxygens (including phenoxy) is 2. The van der Waals surface area contributed by atoms with Crippen LogP contribution >= 0.6 is 0 Å². The molecule has 3 aromatic rings. The van der Waals surface area contributed by atoms with Crippen LogP contribution in [0.3, 0.4) is 0 Å². The molecule has 2 aromatic carbocycles. The van der Waals surface area contributed by atoms with Crippen LogP contribution < -0.4 is 15.2 Å². The Bertz CT molecular complexity index is 1020. The molecule has 1 aromatic heterocycles. The minimum absolute atomic E-state index is 0.253. The van der Waals surface area contributed by atoms with Crippen LogP contribution in [0, 0.1) is 0 Å². The molecule has 1 atom stereocenters. The van der Waals surface area contributed by atoms with E-state index in [1.54, 1.807) is 4.57 Å². The van der Waals surface area contributed by atoms with Crippen LogP contribution in [0.15, 0.2) is 51.7 Å². The smallest absolute Gasteiger partial charge is 0.421 e. The third kappa shape index (κ3) is 3.00. The van der Waals surface area contributed by atoms with Gasteiger partial charge in [0.25, 0.3) is 0 Å². The summed E-state index contributed by atoms with van der Waals surface area (Å²) in [4.78, 5) is 14.7. The van der Waals surface area contributed by atoms with E-state index in [-0.39, 0.29) is 11.8 Å². The number of hydrogen-bond acceptors (Lipinski definition) is 5. The summed E-state index contributed by atoms with van der Waals surface area (Å²) in [6.07, 6.45) is 3.06. The van der Waals surface area contributed by atoms with E-state index in [2.05, 4.69) is 17.0 Å². The Hall–Kier alpha value is -2.73. The number of rotatable bonds is 3. The van der Waals surface area contributed by atoms with Crippen LogP contribution in [-0.4, -0.2) is 29.2 Å². The number of aromatic nitrogens is 1. The minimum atomic E-state index is -0.305. The molecule has 0 N–H and O–H groups in total. The maximum Gasteiger partial charge on any atom is 0.421 e.